The lowest BCUT2D eigenvalue weighted by molar-refractivity contribution is 0.744. The lowest BCUT2D eigenvalue weighted by Crippen LogP contribution is -2.04. The third kappa shape index (κ3) is 1.91. The molecule has 0 radical (unpaired) electrons. The summed E-state index contributed by atoms with van der Waals surface area (Å²) in [6, 6.07) is 12.5. The first-order valence-corrected chi connectivity index (χ1v) is 6.76. The van der Waals surface area contributed by atoms with Crippen molar-refractivity contribution in [2.45, 2.75) is 25.3 Å². The Morgan fingerprint density at radius 3 is 2.79 bits per heavy atom. The molecule has 0 atom stereocenters. The number of rotatable bonds is 3. The molecule has 0 saturated heterocycles. The molecule has 2 aromatic heterocycles. The third-order valence-electron chi connectivity index (χ3n) is 3.69. The molecule has 0 N–H and O–H groups in total. The highest BCUT2D eigenvalue weighted by Gasteiger charge is 2.29. The molecule has 94 valence electrons. The van der Waals surface area contributed by atoms with E-state index in [1.54, 1.807) is 0 Å². The number of aromatic nitrogens is 3. The minimum Gasteiger partial charge on any atom is -0.323 e. The van der Waals surface area contributed by atoms with Crippen LogP contribution in [0.25, 0.3) is 11.0 Å². The van der Waals surface area contributed by atoms with Crippen LogP contribution in [0, 0.1) is 0 Å². The first-order valence-electron chi connectivity index (χ1n) is 6.76. The molecule has 3 heteroatoms. The summed E-state index contributed by atoms with van der Waals surface area (Å²) in [7, 11) is 0. The average Bonchev–Trinajstić information content (AvgIpc) is 3.24. The van der Waals surface area contributed by atoms with Crippen molar-refractivity contribution in [3.8, 4) is 0 Å². The molecule has 1 aliphatic carbocycles. The summed E-state index contributed by atoms with van der Waals surface area (Å²) in [6.45, 7) is 0.861. The quantitative estimate of drug-likeness (QED) is 0.712. The van der Waals surface area contributed by atoms with Gasteiger partial charge in [-0.3, -0.25) is 4.98 Å². The van der Waals surface area contributed by atoms with Crippen molar-refractivity contribution in [2.75, 3.05) is 0 Å². The van der Waals surface area contributed by atoms with Crippen LogP contribution in [-0.2, 0) is 6.54 Å². The molecule has 3 aromatic rings. The fourth-order valence-electron chi connectivity index (χ4n) is 2.59. The molecule has 2 heterocycles. The largest absolute Gasteiger partial charge is 0.323 e. The number of hydrogen-bond acceptors (Lipinski definition) is 2. The van der Waals surface area contributed by atoms with Gasteiger partial charge in [0.05, 0.1) is 17.6 Å². The fourth-order valence-corrected chi connectivity index (χ4v) is 2.59. The zero-order valence-electron chi connectivity index (χ0n) is 10.7. The van der Waals surface area contributed by atoms with E-state index in [4.69, 9.17) is 4.98 Å². The van der Waals surface area contributed by atoms with E-state index < -0.39 is 0 Å². The van der Waals surface area contributed by atoms with Crippen molar-refractivity contribution in [1.29, 1.82) is 0 Å². The minimum absolute atomic E-state index is 0.657. The molecule has 19 heavy (non-hydrogen) atoms. The van der Waals surface area contributed by atoms with Crippen molar-refractivity contribution in [3.63, 3.8) is 0 Å². The van der Waals surface area contributed by atoms with Crippen LogP contribution in [0.15, 0.2) is 48.8 Å². The van der Waals surface area contributed by atoms with Crippen LogP contribution in [-0.4, -0.2) is 14.5 Å². The number of benzene rings is 1. The lowest BCUT2D eigenvalue weighted by atomic mass is 10.2. The van der Waals surface area contributed by atoms with Crippen LogP contribution in [0.3, 0.4) is 0 Å². The molecule has 1 aromatic carbocycles. The van der Waals surface area contributed by atoms with Gasteiger partial charge >= 0.3 is 0 Å². The number of hydrogen-bond donors (Lipinski definition) is 0. The summed E-state index contributed by atoms with van der Waals surface area (Å²) in [4.78, 5) is 9.02. The van der Waals surface area contributed by atoms with Crippen molar-refractivity contribution in [1.82, 2.24) is 14.5 Å². The van der Waals surface area contributed by atoms with Crippen LogP contribution in [0.1, 0.15) is 30.1 Å². The Kier molecular flexibility index (Phi) is 2.37. The van der Waals surface area contributed by atoms with Gasteiger partial charge in [0, 0.05) is 18.3 Å². The van der Waals surface area contributed by atoms with Gasteiger partial charge in [0.15, 0.2) is 0 Å². The Hall–Kier alpha value is -2.16. The Bertz CT molecular complexity index is 711. The van der Waals surface area contributed by atoms with Gasteiger partial charge in [-0.2, -0.15) is 0 Å². The molecular formula is C16H15N3. The van der Waals surface area contributed by atoms with Crippen LogP contribution in [0.5, 0.6) is 0 Å². The van der Waals surface area contributed by atoms with Gasteiger partial charge in [-0.25, -0.2) is 4.98 Å². The van der Waals surface area contributed by atoms with Gasteiger partial charge in [0.25, 0.3) is 0 Å². The number of para-hydroxylation sites is 2. The molecular weight excluding hydrogens is 234 g/mol. The van der Waals surface area contributed by atoms with Gasteiger partial charge in [-0.1, -0.05) is 18.2 Å². The highest BCUT2D eigenvalue weighted by Crippen LogP contribution is 2.40. The molecule has 0 unspecified atom stereocenters. The number of imidazole rings is 1. The second kappa shape index (κ2) is 4.19. The fraction of sp³-hybridized carbons (Fsp3) is 0.250. The van der Waals surface area contributed by atoms with Crippen molar-refractivity contribution < 1.29 is 0 Å². The average molecular weight is 249 g/mol. The molecule has 1 fully saturated rings. The summed E-state index contributed by atoms with van der Waals surface area (Å²) in [5.74, 6) is 1.90. The number of pyridine rings is 1. The normalized spacial score (nSPS) is 14.9. The maximum atomic E-state index is 4.81. The predicted octanol–water partition coefficient (Wildman–Crippen LogP) is 3.36. The maximum Gasteiger partial charge on any atom is 0.113 e. The predicted molar refractivity (Wildman–Crippen MR) is 75.0 cm³/mol. The Labute approximate surface area is 111 Å². The first kappa shape index (κ1) is 10.7. The van der Waals surface area contributed by atoms with Gasteiger partial charge in [0.1, 0.15) is 5.82 Å². The molecule has 0 amide bonds. The van der Waals surface area contributed by atoms with E-state index >= 15 is 0 Å². The van der Waals surface area contributed by atoms with Crippen LogP contribution >= 0.6 is 0 Å². The molecule has 1 saturated carbocycles. The molecule has 0 bridgehead atoms. The summed E-state index contributed by atoms with van der Waals surface area (Å²) < 4.78 is 2.35. The van der Waals surface area contributed by atoms with E-state index in [2.05, 4.69) is 39.9 Å². The van der Waals surface area contributed by atoms with Crippen molar-refractivity contribution in [3.05, 3.63) is 60.2 Å². The van der Waals surface area contributed by atoms with Gasteiger partial charge in [-0.15, -0.1) is 0 Å². The van der Waals surface area contributed by atoms with E-state index in [0.717, 1.165) is 12.1 Å². The Morgan fingerprint density at radius 2 is 2.00 bits per heavy atom. The monoisotopic (exact) mass is 249 g/mol. The highest BCUT2D eigenvalue weighted by atomic mass is 15.1. The van der Waals surface area contributed by atoms with Gasteiger partial charge in [-0.05, 0) is 36.6 Å². The van der Waals surface area contributed by atoms with Crippen LogP contribution < -0.4 is 0 Å². The standard InChI is InChI=1S/C16H15N3/c1-2-6-15-14(5-1)18-16(13-7-8-13)19(15)11-12-4-3-9-17-10-12/h1-6,9-10,13H,7-8,11H2. The molecule has 1 aliphatic rings. The molecule has 0 aliphatic heterocycles. The van der Waals surface area contributed by atoms with Gasteiger partial charge < -0.3 is 4.57 Å². The van der Waals surface area contributed by atoms with Crippen LogP contribution in [0.2, 0.25) is 0 Å². The van der Waals surface area contributed by atoms with Crippen molar-refractivity contribution in [2.24, 2.45) is 0 Å². The molecule has 4 rings (SSSR count). The SMILES string of the molecule is c1cncc(Cn2c(C3CC3)nc3ccccc32)c1. The smallest absolute Gasteiger partial charge is 0.113 e. The van der Waals surface area contributed by atoms with E-state index in [1.807, 2.05) is 18.5 Å². The second-order valence-electron chi connectivity index (χ2n) is 5.18. The summed E-state index contributed by atoms with van der Waals surface area (Å²) in [6.07, 6.45) is 6.30. The zero-order chi connectivity index (χ0) is 12.7. The highest BCUT2D eigenvalue weighted by molar-refractivity contribution is 5.76. The van der Waals surface area contributed by atoms with Crippen LogP contribution in [0.4, 0.5) is 0 Å². The molecule has 0 spiro atoms. The lowest BCUT2D eigenvalue weighted by Gasteiger charge is -2.08. The summed E-state index contributed by atoms with van der Waals surface area (Å²) in [5.41, 5.74) is 3.56. The number of fused-ring (bicyclic) bond motifs is 1. The maximum absolute atomic E-state index is 4.81. The van der Waals surface area contributed by atoms with E-state index in [-0.39, 0.29) is 0 Å². The summed E-state index contributed by atoms with van der Waals surface area (Å²) >= 11 is 0. The van der Waals surface area contributed by atoms with E-state index in [9.17, 15) is 0 Å². The number of nitrogens with zero attached hydrogens (tertiary/aromatic N) is 3. The Balaban J connectivity index is 1.84. The minimum atomic E-state index is 0.657. The topological polar surface area (TPSA) is 30.7 Å². The van der Waals surface area contributed by atoms with Crippen molar-refractivity contribution >= 4 is 11.0 Å². The van der Waals surface area contributed by atoms with Gasteiger partial charge in [0.2, 0.25) is 0 Å². The second-order valence-corrected chi connectivity index (χ2v) is 5.18. The van der Waals surface area contributed by atoms with E-state index in [1.165, 1.54) is 29.7 Å². The third-order valence-corrected chi connectivity index (χ3v) is 3.69. The first-order chi connectivity index (χ1) is 9.42. The van der Waals surface area contributed by atoms with E-state index in [0.29, 0.717) is 5.92 Å². The summed E-state index contributed by atoms with van der Waals surface area (Å²) in [5, 5.41) is 0. The Morgan fingerprint density at radius 1 is 1.11 bits per heavy atom. The zero-order valence-corrected chi connectivity index (χ0v) is 10.7. The molecule has 3 nitrogen and oxygen atoms in total.